The average Bonchev–Trinajstić information content (AvgIpc) is 3.15. The molecule has 1 aromatic carbocycles. The smallest absolute Gasteiger partial charge is 0.303 e. The molecule has 0 radical (unpaired) electrons. The highest BCUT2D eigenvalue weighted by Crippen LogP contribution is 2.23. The Labute approximate surface area is 146 Å². The monoisotopic (exact) mass is 362 g/mol. The number of nitrogens with one attached hydrogen (secondary N) is 1. The van der Waals surface area contributed by atoms with Crippen LogP contribution in [0.25, 0.3) is 16.3 Å². The Kier molecular flexibility index (Phi) is 5.03. The number of hydrogen-bond acceptors (Lipinski definition) is 6. The van der Waals surface area contributed by atoms with Crippen LogP contribution in [0.2, 0.25) is 0 Å². The molecule has 1 N–H and O–H groups in total. The third-order valence-corrected chi connectivity index (χ3v) is 4.24. The summed E-state index contributed by atoms with van der Waals surface area (Å²) in [7, 11) is 0. The summed E-state index contributed by atoms with van der Waals surface area (Å²) in [6, 6.07) is 6.34. The normalized spacial score (nSPS) is 10.8. The Morgan fingerprint density at radius 1 is 1.36 bits per heavy atom. The summed E-state index contributed by atoms with van der Waals surface area (Å²) in [5, 5.41) is 8.90. The van der Waals surface area contributed by atoms with Gasteiger partial charge < -0.3 is 10.1 Å². The maximum atomic E-state index is 13.9. The van der Waals surface area contributed by atoms with Crippen LogP contribution >= 0.6 is 11.3 Å². The van der Waals surface area contributed by atoms with Gasteiger partial charge in [0.15, 0.2) is 12.4 Å². The van der Waals surface area contributed by atoms with Crippen LogP contribution in [-0.4, -0.2) is 39.6 Å². The minimum atomic E-state index is -0.502. The fourth-order valence-electron chi connectivity index (χ4n) is 2.20. The molecule has 0 unspecified atom stereocenters. The van der Waals surface area contributed by atoms with Crippen LogP contribution in [-0.2, 0) is 20.7 Å². The lowest BCUT2D eigenvalue weighted by Gasteiger charge is -2.04. The van der Waals surface area contributed by atoms with E-state index in [9.17, 15) is 14.0 Å². The molecular formula is C16H15FN4O3S. The van der Waals surface area contributed by atoms with Crippen molar-refractivity contribution in [3.63, 3.8) is 0 Å². The van der Waals surface area contributed by atoms with E-state index in [1.807, 2.05) is 5.38 Å². The molecule has 130 valence electrons. The Bertz CT molecular complexity index is 921. The number of aromatic nitrogens is 3. The van der Waals surface area contributed by atoms with Crippen LogP contribution < -0.4 is 5.32 Å². The lowest BCUT2D eigenvalue weighted by Crippen LogP contribution is -2.30. The second kappa shape index (κ2) is 7.39. The predicted molar refractivity (Wildman–Crippen MR) is 89.6 cm³/mol. The molecule has 2 heterocycles. The van der Waals surface area contributed by atoms with Crippen molar-refractivity contribution < 1.29 is 18.7 Å². The predicted octanol–water partition coefficient (Wildman–Crippen LogP) is 1.82. The molecule has 9 heteroatoms. The lowest BCUT2D eigenvalue weighted by atomic mass is 10.2. The third kappa shape index (κ3) is 4.00. The van der Waals surface area contributed by atoms with E-state index < -0.39 is 5.97 Å². The van der Waals surface area contributed by atoms with E-state index in [0.717, 1.165) is 5.69 Å². The maximum Gasteiger partial charge on any atom is 0.303 e. The number of esters is 1. The van der Waals surface area contributed by atoms with Gasteiger partial charge in [0, 0.05) is 25.3 Å². The highest BCUT2D eigenvalue weighted by atomic mass is 32.1. The molecule has 3 rings (SSSR count). The average molecular weight is 362 g/mol. The van der Waals surface area contributed by atoms with Crippen LogP contribution in [0, 0.1) is 5.82 Å². The van der Waals surface area contributed by atoms with Gasteiger partial charge in [0.1, 0.15) is 5.82 Å². The number of nitrogens with zero attached hydrogens (tertiary/aromatic N) is 3. The molecule has 0 bridgehead atoms. The van der Waals surface area contributed by atoms with Crippen molar-refractivity contribution in [2.24, 2.45) is 0 Å². The van der Waals surface area contributed by atoms with E-state index in [0.29, 0.717) is 29.3 Å². The fourth-order valence-corrected chi connectivity index (χ4v) is 3.06. The minimum absolute atomic E-state index is 0.296. The Morgan fingerprint density at radius 2 is 2.16 bits per heavy atom. The van der Waals surface area contributed by atoms with Crippen molar-refractivity contribution in [3.05, 3.63) is 41.2 Å². The van der Waals surface area contributed by atoms with Crippen molar-refractivity contribution in [1.29, 1.82) is 0 Å². The molecule has 0 aliphatic rings. The molecule has 25 heavy (non-hydrogen) atoms. The molecule has 3 aromatic rings. The number of carbonyl (C=O) groups is 2. The molecule has 2 aromatic heterocycles. The number of rotatable bonds is 6. The number of amides is 1. The van der Waals surface area contributed by atoms with Crippen LogP contribution in [0.1, 0.15) is 12.6 Å². The quantitative estimate of drug-likeness (QED) is 0.676. The number of thiazole rings is 1. The molecule has 0 atom stereocenters. The van der Waals surface area contributed by atoms with Crippen molar-refractivity contribution in [3.8, 4) is 11.4 Å². The number of hydrogen-bond donors (Lipinski definition) is 1. The zero-order valence-electron chi connectivity index (χ0n) is 13.4. The highest BCUT2D eigenvalue weighted by molar-refractivity contribution is 7.15. The second-order valence-electron chi connectivity index (χ2n) is 5.22. The van der Waals surface area contributed by atoms with Crippen LogP contribution in [0.5, 0.6) is 0 Å². The molecule has 1 amide bonds. The van der Waals surface area contributed by atoms with Gasteiger partial charge in [-0.3, -0.25) is 9.59 Å². The van der Waals surface area contributed by atoms with Crippen LogP contribution in [0.4, 0.5) is 4.39 Å². The minimum Gasteiger partial charge on any atom is -0.456 e. The summed E-state index contributed by atoms with van der Waals surface area (Å²) in [6.45, 7) is 1.31. The first-order valence-corrected chi connectivity index (χ1v) is 8.40. The molecule has 0 saturated heterocycles. The van der Waals surface area contributed by atoms with Gasteiger partial charge in [-0.1, -0.05) is 12.1 Å². The van der Waals surface area contributed by atoms with E-state index >= 15 is 0 Å². The van der Waals surface area contributed by atoms with Crippen LogP contribution in [0.3, 0.4) is 0 Å². The molecular weight excluding hydrogens is 347 g/mol. The van der Waals surface area contributed by atoms with Gasteiger partial charge in [0.2, 0.25) is 4.96 Å². The van der Waals surface area contributed by atoms with Crippen molar-refractivity contribution in [2.75, 3.05) is 13.2 Å². The first kappa shape index (κ1) is 17.0. The van der Waals surface area contributed by atoms with Crippen LogP contribution in [0.15, 0.2) is 29.6 Å². The molecule has 0 saturated carbocycles. The van der Waals surface area contributed by atoms with E-state index in [4.69, 9.17) is 0 Å². The number of halogens is 1. The summed E-state index contributed by atoms with van der Waals surface area (Å²) >= 11 is 1.39. The number of ether oxygens (including phenoxy) is 1. The number of carbonyl (C=O) groups excluding carboxylic acids is 2. The largest absolute Gasteiger partial charge is 0.456 e. The zero-order valence-corrected chi connectivity index (χ0v) is 14.2. The van der Waals surface area contributed by atoms with E-state index in [1.165, 1.54) is 24.3 Å². The molecule has 0 fully saturated rings. The van der Waals surface area contributed by atoms with Crippen molar-refractivity contribution in [1.82, 2.24) is 19.9 Å². The maximum absolute atomic E-state index is 13.9. The summed E-state index contributed by atoms with van der Waals surface area (Å²) in [4.78, 5) is 27.2. The third-order valence-electron chi connectivity index (χ3n) is 3.37. The molecule has 0 aliphatic heterocycles. The Balaban J connectivity index is 1.66. The lowest BCUT2D eigenvalue weighted by molar-refractivity contribution is -0.146. The Hall–Kier alpha value is -2.81. The molecule has 0 aliphatic carbocycles. The van der Waals surface area contributed by atoms with Crippen molar-refractivity contribution in [2.45, 2.75) is 13.3 Å². The van der Waals surface area contributed by atoms with E-state index in [2.05, 4.69) is 20.1 Å². The van der Waals surface area contributed by atoms with Gasteiger partial charge in [-0.2, -0.15) is 4.98 Å². The van der Waals surface area contributed by atoms with Gasteiger partial charge in [-0.25, -0.2) is 8.91 Å². The summed E-state index contributed by atoms with van der Waals surface area (Å²) < 4.78 is 20.1. The standard InChI is InChI=1S/C16H15FN4O3S/c1-10(22)24-8-14(23)18-7-6-11-9-25-16-19-15(20-21(11)16)12-4-2-3-5-13(12)17/h2-5,9H,6-8H2,1H3,(H,18,23). The van der Waals surface area contributed by atoms with E-state index in [1.54, 1.807) is 22.7 Å². The van der Waals surface area contributed by atoms with Gasteiger partial charge in [-0.15, -0.1) is 16.4 Å². The summed E-state index contributed by atoms with van der Waals surface area (Å²) in [5.41, 5.74) is 1.20. The van der Waals surface area contributed by atoms with E-state index in [-0.39, 0.29) is 18.3 Å². The van der Waals surface area contributed by atoms with Gasteiger partial charge in [0.05, 0.1) is 11.3 Å². The number of fused-ring (bicyclic) bond motifs is 1. The zero-order chi connectivity index (χ0) is 17.8. The molecule has 7 nitrogen and oxygen atoms in total. The highest BCUT2D eigenvalue weighted by Gasteiger charge is 2.14. The van der Waals surface area contributed by atoms with Gasteiger partial charge in [0.25, 0.3) is 5.91 Å². The second-order valence-corrected chi connectivity index (χ2v) is 6.05. The van der Waals surface area contributed by atoms with Crippen molar-refractivity contribution >= 4 is 28.2 Å². The first-order valence-electron chi connectivity index (χ1n) is 7.52. The van der Waals surface area contributed by atoms with Gasteiger partial charge >= 0.3 is 5.97 Å². The summed E-state index contributed by atoms with van der Waals surface area (Å²) in [6.07, 6.45) is 0.520. The Morgan fingerprint density at radius 3 is 2.92 bits per heavy atom. The number of benzene rings is 1. The van der Waals surface area contributed by atoms with Gasteiger partial charge in [-0.05, 0) is 12.1 Å². The first-order chi connectivity index (χ1) is 12.0. The topological polar surface area (TPSA) is 85.6 Å². The molecule has 0 spiro atoms. The summed E-state index contributed by atoms with van der Waals surface area (Å²) in [5.74, 6) is -0.921. The fraction of sp³-hybridized carbons (Fsp3) is 0.250. The SMILES string of the molecule is CC(=O)OCC(=O)NCCc1csc2nc(-c3ccccc3F)nn12.